The summed E-state index contributed by atoms with van der Waals surface area (Å²) in [7, 11) is 0. The summed E-state index contributed by atoms with van der Waals surface area (Å²) < 4.78 is 32.9. The predicted octanol–water partition coefficient (Wildman–Crippen LogP) is 5.03. The first kappa shape index (κ1) is 22.5. The van der Waals surface area contributed by atoms with Crippen molar-refractivity contribution in [3.8, 4) is 16.9 Å². The van der Waals surface area contributed by atoms with Crippen LogP contribution in [-0.4, -0.2) is 28.4 Å². The van der Waals surface area contributed by atoms with Crippen LogP contribution in [-0.2, 0) is 22.7 Å². The molecule has 0 unspecified atom stereocenters. The van der Waals surface area contributed by atoms with Crippen LogP contribution in [0, 0.1) is 17.6 Å². The van der Waals surface area contributed by atoms with Crippen molar-refractivity contribution in [2.24, 2.45) is 5.92 Å². The van der Waals surface area contributed by atoms with Crippen molar-refractivity contribution in [2.75, 3.05) is 6.54 Å². The van der Waals surface area contributed by atoms with Gasteiger partial charge in [-0.1, -0.05) is 36.4 Å². The molecule has 0 saturated heterocycles. The minimum Gasteiger partial charge on any atom is -0.489 e. The van der Waals surface area contributed by atoms with Crippen LogP contribution < -0.4 is 4.74 Å². The molecular formula is C26H23F2NO4. The minimum atomic E-state index is -1.03. The van der Waals surface area contributed by atoms with Gasteiger partial charge in [-0.25, -0.2) is 8.78 Å². The Morgan fingerprint density at radius 2 is 1.70 bits per heavy atom. The largest absolute Gasteiger partial charge is 0.489 e. The van der Waals surface area contributed by atoms with Gasteiger partial charge in [0.15, 0.2) is 0 Å². The molecule has 1 N–H and O–H groups in total. The first-order valence-electron chi connectivity index (χ1n) is 10.7. The maximum Gasteiger partial charge on any atom is 0.323 e. The lowest BCUT2D eigenvalue weighted by molar-refractivity contribution is -0.145. The van der Waals surface area contributed by atoms with E-state index >= 15 is 0 Å². The molecule has 1 amide bonds. The lowest BCUT2D eigenvalue weighted by Crippen LogP contribution is -2.36. The molecule has 1 saturated carbocycles. The molecule has 0 atom stereocenters. The van der Waals surface area contributed by atoms with E-state index in [1.165, 1.54) is 17.0 Å². The zero-order valence-corrected chi connectivity index (χ0v) is 17.8. The number of hydrogen-bond acceptors (Lipinski definition) is 3. The van der Waals surface area contributed by atoms with Crippen LogP contribution in [0.15, 0.2) is 66.7 Å². The van der Waals surface area contributed by atoms with Crippen molar-refractivity contribution in [3.63, 3.8) is 0 Å². The summed E-state index contributed by atoms with van der Waals surface area (Å²) in [5.41, 5.74) is 2.62. The number of amides is 1. The Morgan fingerprint density at radius 3 is 2.36 bits per heavy atom. The molecule has 7 heteroatoms. The minimum absolute atomic E-state index is 0.0535. The number of halogens is 2. The van der Waals surface area contributed by atoms with Gasteiger partial charge >= 0.3 is 5.97 Å². The van der Waals surface area contributed by atoms with E-state index < -0.39 is 17.6 Å². The molecular weight excluding hydrogens is 428 g/mol. The fourth-order valence-electron chi connectivity index (χ4n) is 3.62. The van der Waals surface area contributed by atoms with Crippen LogP contribution in [0.4, 0.5) is 8.78 Å². The van der Waals surface area contributed by atoms with E-state index in [9.17, 15) is 18.4 Å². The molecule has 4 rings (SSSR count). The third-order valence-electron chi connectivity index (χ3n) is 5.43. The standard InChI is InChI=1S/C26H23F2NO4/c27-21-8-11-23(24(28)13-21)19-6-9-22(10-7-19)33-16-18-3-1-2-17(12-18)14-29(15-25(30)31)26(32)20-4-5-20/h1-3,6-13,20H,4-5,14-16H2,(H,30,31). The van der Waals surface area contributed by atoms with Crippen LogP contribution in [0.25, 0.3) is 11.1 Å². The number of ether oxygens (including phenoxy) is 1. The summed E-state index contributed by atoms with van der Waals surface area (Å²) in [5.74, 6) is -1.87. The molecule has 0 bridgehead atoms. The van der Waals surface area contributed by atoms with Gasteiger partial charge in [0.25, 0.3) is 0 Å². The first-order valence-corrected chi connectivity index (χ1v) is 10.7. The van der Waals surface area contributed by atoms with E-state index in [0.29, 0.717) is 16.9 Å². The SMILES string of the molecule is O=C(O)CN(Cc1cccc(COc2ccc(-c3ccc(F)cc3F)cc2)c1)C(=O)C1CC1. The zero-order chi connectivity index (χ0) is 23.4. The molecule has 0 radical (unpaired) electrons. The highest BCUT2D eigenvalue weighted by Crippen LogP contribution is 2.31. The van der Waals surface area contributed by atoms with Gasteiger partial charge in [-0.3, -0.25) is 9.59 Å². The van der Waals surface area contributed by atoms with Crippen molar-refractivity contribution < 1.29 is 28.2 Å². The number of carboxylic acid groups (broad SMARTS) is 1. The lowest BCUT2D eigenvalue weighted by atomic mass is 10.1. The number of hydrogen-bond donors (Lipinski definition) is 1. The molecule has 0 aromatic heterocycles. The van der Waals surface area contributed by atoms with E-state index in [4.69, 9.17) is 9.84 Å². The van der Waals surface area contributed by atoms with Crippen molar-refractivity contribution in [2.45, 2.75) is 26.0 Å². The van der Waals surface area contributed by atoms with Gasteiger partial charge in [-0.15, -0.1) is 0 Å². The fourth-order valence-corrected chi connectivity index (χ4v) is 3.62. The molecule has 3 aromatic carbocycles. The first-order chi connectivity index (χ1) is 15.9. The number of carbonyl (C=O) groups excluding carboxylic acids is 1. The average Bonchev–Trinajstić information content (AvgIpc) is 3.63. The Kier molecular flexibility index (Phi) is 6.68. The quantitative estimate of drug-likeness (QED) is 0.495. The topological polar surface area (TPSA) is 66.8 Å². The summed E-state index contributed by atoms with van der Waals surface area (Å²) in [6.45, 7) is 0.179. The number of rotatable bonds is 9. The Morgan fingerprint density at radius 1 is 0.970 bits per heavy atom. The second-order valence-electron chi connectivity index (χ2n) is 8.12. The Hall–Kier alpha value is -3.74. The molecule has 0 aliphatic heterocycles. The van der Waals surface area contributed by atoms with Crippen LogP contribution >= 0.6 is 0 Å². The maximum absolute atomic E-state index is 14.0. The third-order valence-corrected chi connectivity index (χ3v) is 5.43. The summed E-state index contributed by atoms with van der Waals surface area (Å²) in [5, 5.41) is 9.15. The molecule has 1 aliphatic rings. The normalized spacial score (nSPS) is 12.9. The van der Waals surface area contributed by atoms with Gasteiger partial charge in [0.1, 0.15) is 30.5 Å². The molecule has 0 spiro atoms. The van der Waals surface area contributed by atoms with Crippen molar-refractivity contribution in [3.05, 3.63) is 89.5 Å². The van der Waals surface area contributed by atoms with Gasteiger partial charge < -0.3 is 14.7 Å². The average molecular weight is 451 g/mol. The number of aliphatic carboxylic acids is 1. The van der Waals surface area contributed by atoms with E-state index in [2.05, 4.69) is 0 Å². The summed E-state index contributed by atoms with van der Waals surface area (Å²) in [4.78, 5) is 25.0. The smallest absolute Gasteiger partial charge is 0.323 e. The molecule has 1 aliphatic carbocycles. The van der Waals surface area contributed by atoms with E-state index in [-0.39, 0.29) is 31.5 Å². The Bertz CT molecular complexity index is 1160. The van der Waals surface area contributed by atoms with Crippen molar-refractivity contribution in [1.82, 2.24) is 4.90 Å². The molecule has 3 aromatic rings. The van der Waals surface area contributed by atoms with E-state index in [0.717, 1.165) is 30.0 Å². The number of carboxylic acids is 1. The van der Waals surface area contributed by atoms with Gasteiger partial charge in [0, 0.05) is 24.1 Å². The molecule has 1 fully saturated rings. The van der Waals surface area contributed by atoms with Gasteiger partial charge in [-0.05, 0) is 53.8 Å². The highest BCUT2D eigenvalue weighted by Gasteiger charge is 2.34. The van der Waals surface area contributed by atoms with Crippen molar-refractivity contribution >= 4 is 11.9 Å². The van der Waals surface area contributed by atoms with Gasteiger partial charge in [0.2, 0.25) is 5.91 Å². The van der Waals surface area contributed by atoms with Crippen LogP contribution in [0.1, 0.15) is 24.0 Å². The van der Waals surface area contributed by atoms with Crippen LogP contribution in [0.2, 0.25) is 0 Å². The highest BCUT2D eigenvalue weighted by molar-refractivity contribution is 5.84. The number of benzene rings is 3. The third kappa shape index (κ3) is 5.94. The summed E-state index contributed by atoms with van der Waals surface area (Å²) >= 11 is 0. The van der Waals surface area contributed by atoms with Crippen molar-refractivity contribution in [1.29, 1.82) is 0 Å². The van der Waals surface area contributed by atoms with Gasteiger partial charge in [0.05, 0.1) is 0 Å². The Balaban J connectivity index is 1.39. The van der Waals surface area contributed by atoms with E-state index in [1.807, 2.05) is 24.3 Å². The summed E-state index contributed by atoms with van der Waals surface area (Å²) in [6, 6.07) is 17.8. The van der Waals surface area contributed by atoms with Gasteiger partial charge in [-0.2, -0.15) is 0 Å². The lowest BCUT2D eigenvalue weighted by Gasteiger charge is -2.21. The van der Waals surface area contributed by atoms with Crippen LogP contribution in [0.5, 0.6) is 5.75 Å². The molecule has 170 valence electrons. The second-order valence-corrected chi connectivity index (χ2v) is 8.12. The zero-order valence-electron chi connectivity index (χ0n) is 17.8. The monoisotopic (exact) mass is 451 g/mol. The van der Waals surface area contributed by atoms with Crippen LogP contribution in [0.3, 0.4) is 0 Å². The summed E-state index contributed by atoms with van der Waals surface area (Å²) in [6.07, 6.45) is 1.63. The molecule has 0 heterocycles. The number of carbonyl (C=O) groups is 2. The highest BCUT2D eigenvalue weighted by atomic mass is 19.1. The molecule has 5 nitrogen and oxygen atoms in total. The second kappa shape index (κ2) is 9.81. The Labute approximate surface area is 190 Å². The molecule has 33 heavy (non-hydrogen) atoms. The van der Waals surface area contributed by atoms with E-state index in [1.54, 1.807) is 24.3 Å². The maximum atomic E-state index is 14.0. The number of nitrogens with zero attached hydrogens (tertiary/aromatic N) is 1. The fraction of sp³-hybridized carbons (Fsp3) is 0.231. The predicted molar refractivity (Wildman–Crippen MR) is 118 cm³/mol.